The Bertz CT molecular complexity index is 834. The predicted octanol–water partition coefficient (Wildman–Crippen LogP) is 4.26. The lowest BCUT2D eigenvalue weighted by molar-refractivity contribution is 0.414. The molecule has 2 fully saturated rings. The third-order valence-corrected chi connectivity index (χ3v) is 6.06. The average molecular weight is 535 g/mol. The molecule has 3 heterocycles. The van der Waals surface area contributed by atoms with Gasteiger partial charge in [-0.1, -0.05) is 18.2 Å². The largest absolute Gasteiger partial charge is 0.497 e. The first-order chi connectivity index (χ1) is 14.8. The SMILES string of the molecule is CCNC(=NCc1ccc(N2CCCC2)nc1)N1CCC(c2ccc(OC)cc2)C1.I. The summed E-state index contributed by atoms with van der Waals surface area (Å²) in [6.07, 6.45) is 5.66. The highest BCUT2D eigenvalue weighted by Gasteiger charge is 2.26. The van der Waals surface area contributed by atoms with E-state index in [1.165, 1.54) is 18.4 Å². The molecule has 0 radical (unpaired) electrons. The maximum Gasteiger partial charge on any atom is 0.194 e. The zero-order chi connectivity index (χ0) is 20.8. The Balaban J connectivity index is 0.00000272. The van der Waals surface area contributed by atoms with Crippen molar-refractivity contribution in [1.82, 2.24) is 15.2 Å². The van der Waals surface area contributed by atoms with Gasteiger partial charge >= 0.3 is 0 Å². The molecule has 31 heavy (non-hydrogen) atoms. The molecular formula is C24H34IN5O. The van der Waals surface area contributed by atoms with Crippen molar-refractivity contribution in [3.8, 4) is 5.75 Å². The number of pyridine rings is 1. The lowest BCUT2D eigenvalue weighted by Crippen LogP contribution is -2.40. The maximum absolute atomic E-state index is 5.29. The van der Waals surface area contributed by atoms with Crippen LogP contribution in [0.2, 0.25) is 0 Å². The number of aliphatic imine (C=N–C) groups is 1. The number of halogens is 1. The summed E-state index contributed by atoms with van der Waals surface area (Å²) in [6.45, 7) is 7.91. The van der Waals surface area contributed by atoms with Gasteiger partial charge in [-0.05, 0) is 55.5 Å². The van der Waals surface area contributed by atoms with Crippen LogP contribution < -0.4 is 15.0 Å². The molecule has 1 N–H and O–H groups in total. The fourth-order valence-corrected chi connectivity index (χ4v) is 4.34. The first-order valence-electron chi connectivity index (χ1n) is 11.1. The summed E-state index contributed by atoms with van der Waals surface area (Å²) in [5.41, 5.74) is 2.52. The van der Waals surface area contributed by atoms with Crippen molar-refractivity contribution in [3.63, 3.8) is 0 Å². The normalized spacial score (nSPS) is 18.8. The van der Waals surface area contributed by atoms with Crippen LogP contribution in [0.1, 0.15) is 43.2 Å². The Morgan fingerprint density at radius 2 is 1.90 bits per heavy atom. The van der Waals surface area contributed by atoms with Crippen molar-refractivity contribution >= 4 is 35.8 Å². The molecule has 1 unspecified atom stereocenters. The van der Waals surface area contributed by atoms with E-state index in [0.717, 1.165) is 62.2 Å². The van der Waals surface area contributed by atoms with Crippen molar-refractivity contribution in [3.05, 3.63) is 53.7 Å². The average Bonchev–Trinajstić information content (AvgIpc) is 3.50. The number of rotatable bonds is 6. The highest BCUT2D eigenvalue weighted by atomic mass is 127. The van der Waals surface area contributed by atoms with Crippen LogP contribution in [0.3, 0.4) is 0 Å². The third-order valence-electron chi connectivity index (χ3n) is 6.06. The lowest BCUT2D eigenvalue weighted by Gasteiger charge is -2.22. The molecule has 6 nitrogen and oxygen atoms in total. The standard InChI is InChI=1S/C24H33N5O.HI/c1-3-25-24(27-17-19-6-11-23(26-16-19)28-13-4-5-14-28)29-15-12-21(18-29)20-7-9-22(30-2)10-8-20;/h6-11,16,21H,3-5,12-15,17-18H2,1-2H3,(H,25,27);1H. The third kappa shape index (κ3) is 6.02. The minimum Gasteiger partial charge on any atom is -0.497 e. The molecule has 7 heteroatoms. The Labute approximate surface area is 203 Å². The van der Waals surface area contributed by atoms with Gasteiger partial charge in [-0.25, -0.2) is 9.98 Å². The van der Waals surface area contributed by atoms with Crippen LogP contribution >= 0.6 is 24.0 Å². The van der Waals surface area contributed by atoms with Crippen molar-refractivity contribution in [2.24, 2.45) is 4.99 Å². The van der Waals surface area contributed by atoms with Crippen molar-refractivity contribution in [2.45, 2.75) is 38.6 Å². The van der Waals surface area contributed by atoms with Gasteiger partial charge in [0.25, 0.3) is 0 Å². The predicted molar refractivity (Wildman–Crippen MR) is 138 cm³/mol. The van der Waals surface area contributed by atoms with E-state index >= 15 is 0 Å². The Morgan fingerprint density at radius 3 is 2.55 bits per heavy atom. The van der Waals surface area contributed by atoms with Gasteiger partial charge in [0.1, 0.15) is 11.6 Å². The van der Waals surface area contributed by atoms with E-state index < -0.39 is 0 Å². The number of methoxy groups -OCH3 is 1. The second-order valence-corrected chi connectivity index (χ2v) is 8.09. The number of nitrogens with one attached hydrogen (secondary N) is 1. The lowest BCUT2D eigenvalue weighted by atomic mass is 9.98. The zero-order valence-corrected chi connectivity index (χ0v) is 20.9. The van der Waals surface area contributed by atoms with Crippen molar-refractivity contribution < 1.29 is 4.74 Å². The molecule has 0 spiro atoms. The Morgan fingerprint density at radius 1 is 1.13 bits per heavy atom. The number of hydrogen-bond acceptors (Lipinski definition) is 4. The van der Waals surface area contributed by atoms with E-state index in [1.54, 1.807) is 7.11 Å². The number of ether oxygens (including phenoxy) is 1. The summed E-state index contributed by atoms with van der Waals surface area (Å²) in [5.74, 6) is 3.53. The van der Waals surface area contributed by atoms with Crippen LogP contribution in [0.5, 0.6) is 5.75 Å². The molecule has 0 saturated carbocycles. The van der Waals surface area contributed by atoms with E-state index in [2.05, 4.69) is 63.4 Å². The molecule has 0 aliphatic carbocycles. The van der Waals surface area contributed by atoms with Crippen LogP contribution in [0.4, 0.5) is 5.82 Å². The van der Waals surface area contributed by atoms with E-state index in [-0.39, 0.29) is 24.0 Å². The molecule has 2 aliphatic heterocycles. The molecule has 1 atom stereocenters. The van der Waals surface area contributed by atoms with Gasteiger partial charge in [0, 0.05) is 44.8 Å². The van der Waals surface area contributed by atoms with Crippen LogP contribution in [0.25, 0.3) is 0 Å². The monoisotopic (exact) mass is 535 g/mol. The van der Waals surface area contributed by atoms with Gasteiger partial charge < -0.3 is 19.9 Å². The molecule has 1 aromatic carbocycles. The summed E-state index contributed by atoms with van der Waals surface area (Å²) in [4.78, 5) is 14.3. The molecule has 168 valence electrons. The first-order valence-corrected chi connectivity index (χ1v) is 11.1. The number of nitrogens with zero attached hydrogens (tertiary/aromatic N) is 4. The summed E-state index contributed by atoms with van der Waals surface area (Å²) in [6, 6.07) is 12.8. The fraction of sp³-hybridized carbons (Fsp3) is 0.500. The topological polar surface area (TPSA) is 53.0 Å². The number of aromatic nitrogens is 1. The summed E-state index contributed by atoms with van der Waals surface area (Å²) >= 11 is 0. The molecule has 2 saturated heterocycles. The molecule has 2 aromatic rings. The number of hydrogen-bond donors (Lipinski definition) is 1. The number of guanidine groups is 1. The van der Waals surface area contributed by atoms with Gasteiger partial charge in [0.2, 0.25) is 0 Å². The highest BCUT2D eigenvalue weighted by Crippen LogP contribution is 2.28. The van der Waals surface area contributed by atoms with E-state index in [0.29, 0.717) is 12.5 Å². The maximum atomic E-state index is 5.29. The number of likely N-dealkylation sites (tertiary alicyclic amines) is 1. The van der Waals surface area contributed by atoms with Gasteiger partial charge in [-0.15, -0.1) is 24.0 Å². The first kappa shape index (κ1) is 23.6. The molecule has 2 aliphatic rings. The molecular weight excluding hydrogens is 501 g/mol. The quantitative estimate of drug-likeness (QED) is 0.341. The van der Waals surface area contributed by atoms with Crippen molar-refractivity contribution in [2.75, 3.05) is 44.7 Å². The Kier molecular flexibility index (Phi) is 8.80. The summed E-state index contributed by atoms with van der Waals surface area (Å²) < 4.78 is 5.29. The second kappa shape index (κ2) is 11.5. The van der Waals surface area contributed by atoms with Crippen LogP contribution in [0.15, 0.2) is 47.6 Å². The van der Waals surface area contributed by atoms with Gasteiger partial charge in [0.05, 0.1) is 13.7 Å². The molecule has 4 rings (SSSR count). The Hall–Kier alpha value is -2.03. The summed E-state index contributed by atoms with van der Waals surface area (Å²) in [7, 11) is 1.71. The molecule has 0 bridgehead atoms. The van der Waals surface area contributed by atoms with E-state index in [1.807, 2.05) is 6.20 Å². The van der Waals surface area contributed by atoms with Crippen LogP contribution in [0, 0.1) is 0 Å². The van der Waals surface area contributed by atoms with Gasteiger partial charge in [0.15, 0.2) is 5.96 Å². The van der Waals surface area contributed by atoms with Crippen LogP contribution in [-0.2, 0) is 6.54 Å². The van der Waals surface area contributed by atoms with Gasteiger partial charge in [-0.2, -0.15) is 0 Å². The van der Waals surface area contributed by atoms with Crippen molar-refractivity contribution in [1.29, 1.82) is 0 Å². The van der Waals surface area contributed by atoms with Gasteiger partial charge in [-0.3, -0.25) is 0 Å². The second-order valence-electron chi connectivity index (χ2n) is 8.09. The van der Waals surface area contributed by atoms with E-state index in [9.17, 15) is 0 Å². The number of benzene rings is 1. The van der Waals surface area contributed by atoms with E-state index in [4.69, 9.17) is 9.73 Å². The minimum absolute atomic E-state index is 0. The zero-order valence-electron chi connectivity index (χ0n) is 18.6. The highest BCUT2D eigenvalue weighted by molar-refractivity contribution is 14.0. The molecule has 1 aromatic heterocycles. The summed E-state index contributed by atoms with van der Waals surface area (Å²) in [5, 5.41) is 3.47. The number of anilines is 1. The minimum atomic E-state index is 0. The smallest absolute Gasteiger partial charge is 0.194 e. The fourth-order valence-electron chi connectivity index (χ4n) is 4.34. The van der Waals surface area contributed by atoms with Crippen LogP contribution in [-0.4, -0.2) is 55.7 Å². The molecule has 0 amide bonds.